The van der Waals surface area contributed by atoms with Gasteiger partial charge in [0.15, 0.2) is 11.5 Å². The summed E-state index contributed by atoms with van der Waals surface area (Å²) in [6, 6.07) is 5.48. The molecule has 2 N–H and O–H groups in total. The highest BCUT2D eigenvalue weighted by molar-refractivity contribution is 7.18. The number of aryl methyl sites for hydroxylation is 1. The smallest absolute Gasteiger partial charge is 0.259 e. The van der Waals surface area contributed by atoms with Gasteiger partial charge in [-0.15, -0.1) is 11.3 Å². The van der Waals surface area contributed by atoms with Gasteiger partial charge in [0.05, 0.1) is 25.6 Å². The van der Waals surface area contributed by atoms with E-state index >= 15 is 0 Å². The fraction of sp³-hybridized carbons (Fsp3) is 0.429. The highest BCUT2D eigenvalue weighted by atomic mass is 32.1. The molecule has 3 aromatic rings. The fourth-order valence-corrected chi connectivity index (χ4v) is 5.21. The maximum Gasteiger partial charge on any atom is 0.259 e. The minimum absolute atomic E-state index is 0.0342. The number of thiophene rings is 1. The lowest BCUT2D eigenvalue weighted by Crippen LogP contribution is -2.18. The summed E-state index contributed by atoms with van der Waals surface area (Å²) in [6.45, 7) is 4.25. The van der Waals surface area contributed by atoms with Crippen molar-refractivity contribution in [2.24, 2.45) is 5.92 Å². The third-order valence-corrected chi connectivity index (χ3v) is 6.51. The van der Waals surface area contributed by atoms with Crippen molar-refractivity contribution in [2.75, 3.05) is 19.5 Å². The van der Waals surface area contributed by atoms with Crippen LogP contribution in [-0.4, -0.2) is 24.2 Å². The van der Waals surface area contributed by atoms with Crippen molar-refractivity contribution in [1.29, 1.82) is 0 Å². The van der Waals surface area contributed by atoms with E-state index in [0.717, 1.165) is 35.2 Å². The van der Waals surface area contributed by atoms with E-state index < -0.39 is 0 Å². The quantitative estimate of drug-likeness (QED) is 0.669. The van der Waals surface area contributed by atoms with E-state index in [4.69, 9.17) is 14.5 Å². The van der Waals surface area contributed by atoms with E-state index in [1.54, 1.807) is 25.6 Å². The number of nitrogens with one attached hydrogen (secondary N) is 2. The van der Waals surface area contributed by atoms with Crippen LogP contribution in [-0.2, 0) is 12.8 Å². The molecule has 0 fully saturated rings. The van der Waals surface area contributed by atoms with Crippen LogP contribution in [0.4, 0.5) is 5.69 Å². The second-order valence-corrected chi connectivity index (χ2v) is 8.50. The van der Waals surface area contributed by atoms with Crippen molar-refractivity contribution < 1.29 is 9.47 Å². The van der Waals surface area contributed by atoms with Crippen LogP contribution < -0.4 is 20.3 Å². The van der Waals surface area contributed by atoms with Gasteiger partial charge in [0.2, 0.25) is 0 Å². The third kappa shape index (κ3) is 3.35. The zero-order valence-corrected chi connectivity index (χ0v) is 17.4. The highest BCUT2D eigenvalue weighted by Crippen LogP contribution is 2.36. The molecule has 6 nitrogen and oxygen atoms in total. The van der Waals surface area contributed by atoms with E-state index in [1.807, 2.05) is 25.1 Å². The number of rotatable bonds is 5. The summed E-state index contributed by atoms with van der Waals surface area (Å²) in [7, 11) is 3.22. The van der Waals surface area contributed by atoms with Crippen LogP contribution in [0.15, 0.2) is 23.0 Å². The average molecular weight is 400 g/mol. The number of H-pyrrole nitrogens is 1. The summed E-state index contributed by atoms with van der Waals surface area (Å²) in [5.41, 5.74) is 2.04. The second-order valence-electron chi connectivity index (χ2n) is 7.42. The van der Waals surface area contributed by atoms with Crippen molar-refractivity contribution >= 4 is 27.2 Å². The van der Waals surface area contributed by atoms with Crippen LogP contribution in [0, 0.1) is 5.92 Å². The van der Waals surface area contributed by atoms with E-state index in [1.165, 1.54) is 10.4 Å². The first-order chi connectivity index (χ1) is 13.5. The Hall–Kier alpha value is -2.54. The maximum atomic E-state index is 12.8. The molecule has 0 bridgehead atoms. The third-order valence-electron chi connectivity index (χ3n) is 5.36. The van der Waals surface area contributed by atoms with Crippen LogP contribution in [0.1, 0.15) is 42.6 Å². The second kappa shape index (κ2) is 7.47. The van der Waals surface area contributed by atoms with Crippen molar-refractivity contribution in [3.05, 3.63) is 44.8 Å². The zero-order valence-electron chi connectivity index (χ0n) is 16.6. The molecule has 1 aromatic carbocycles. The van der Waals surface area contributed by atoms with Gasteiger partial charge in [-0.25, -0.2) is 4.98 Å². The van der Waals surface area contributed by atoms with E-state index in [0.29, 0.717) is 23.2 Å². The van der Waals surface area contributed by atoms with Crippen molar-refractivity contribution in [3.8, 4) is 11.5 Å². The molecule has 1 aliphatic rings. The number of aromatic nitrogens is 2. The number of anilines is 1. The standard InChI is InChI=1S/C21H25N3O3S/c1-11-5-7-14-17(9-11)28-21-18(14)20(25)23-19(24-21)12(2)22-13-6-8-15(26-3)16(10-13)27-4/h6,8,10-12,22H,5,7,9H2,1-4H3,(H,23,24,25)/t11-,12+/m1/s1. The molecule has 148 valence electrons. The minimum Gasteiger partial charge on any atom is -0.493 e. The van der Waals surface area contributed by atoms with Gasteiger partial charge in [-0.2, -0.15) is 0 Å². The Kier molecular flexibility index (Phi) is 5.02. The number of methoxy groups -OCH3 is 2. The van der Waals surface area contributed by atoms with E-state index in [-0.39, 0.29) is 11.6 Å². The summed E-state index contributed by atoms with van der Waals surface area (Å²) >= 11 is 1.67. The molecular formula is C21H25N3O3S. The van der Waals surface area contributed by atoms with Crippen LogP contribution in [0.3, 0.4) is 0 Å². The number of ether oxygens (including phenoxy) is 2. The van der Waals surface area contributed by atoms with Crippen LogP contribution in [0.5, 0.6) is 11.5 Å². The Morgan fingerprint density at radius 1 is 1.29 bits per heavy atom. The number of benzene rings is 1. The number of aromatic amines is 1. The van der Waals surface area contributed by atoms with Gasteiger partial charge >= 0.3 is 0 Å². The topological polar surface area (TPSA) is 76.2 Å². The summed E-state index contributed by atoms with van der Waals surface area (Å²) in [5.74, 6) is 2.63. The molecule has 28 heavy (non-hydrogen) atoms. The molecule has 4 rings (SSSR count). The minimum atomic E-state index is -0.159. The van der Waals surface area contributed by atoms with Crippen molar-refractivity contribution in [2.45, 2.75) is 39.2 Å². The largest absolute Gasteiger partial charge is 0.493 e. The Labute approximate surface area is 167 Å². The Morgan fingerprint density at radius 2 is 2.07 bits per heavy atom. The molecule has 0 aliphatic heterocycles. The summed E-state index contributed by atoms with van der Waals surface area (Å²) < 4.78 is 10.6. The lowest BCUT2D eigenvalue weighted by atomic mass is 9.89. The summed E-state index contributed by atoms with van der Waals surface area (Å²) in [6.07, 6.45) is 3.15. The first kappa shape index (κ1) is 18.8. The molecule has 0 amide bonds. The number of hydrogen-bond donors (Lipinski definition) is 2. The molecule has 2 atom stereocenters. The molecular weight excluding hydrogens is 374 g/mol. The molecule has 0 saturated carbocycles. The predicted molar refractivity (Wildman–Crippen MR) is 113 cm³/mol. The van der Waals surface area contributed by atoms with E-state index in [2.05, 4.69) is 17.2 Å². The molecule has 7 heteroatoms. The molecule has 0 unspecified atom stereocenters. The highest BCUT2D eigenvalue weighted by Gasteiger charge is 2.23. The number of hydrogen-bond acceptors (Lipinski definition) is 6. The molecule has 0 saturated heterocycles. The Balaban J connectivity index is 1.65. The van der Waals surface area contributed by atoms with E-state index in [9.17, 15) is 4.79 Å². The normalized spacial score (nSPS) is 17.2. The average Bonchev–Trinajstić information content (AvgIpc) is 3.05. The zero-order chi connectivity index (χ0) is 19.8. The lowest BCUT2D eigenvalue weighted by Gasteiger charge is -2.17. The monoisotopic (exact) mass is 399 g/mol. The Morgan fingerprint density at radius 3 is 2.82 bits per heavy atom. The maximum absolute atomic E-state index is 12.8. The molecule has 1 aliphatic carbocycles. The van der Waals surface area contributed by atoms with Gasteiger partial charge in [-0.3, -0.25) is 4.79 Å². The summed E-state index contributed by atoms with van der Waals surface area (Å²) in [4.78, 5) is 22.7. The first-order valence-corrected chi connectivity index (χ1v) is 10.3. The van der Waals surface area contributed by atoms with Gasteiger partial charge in [0.25, 0.3) is 5.56 Å². The van der Waals surface area contributed by atoms with Gasteiger partial charge in [0.1, 0.15) is 10.7 Å². The van der Waals surface area contributed by atoms with Crippen LogP contribution >= 0.6 is 11.3 Å². The fourth-order valence-electron chi connectivity index (χ4n) is 3.81. The van der Waals surface area contributed by atoms with Crippen LogP contribution in [0.25, 0.3) is 10.2 Å². The number of nitrogens with zero attached hydrogens (tertiary/aromatic N) is 1. The lowest BCUT2D eigenvalue weighted by molar-refractivity contribution is 0.355. The molecule has 0 radical (unpaired) electrons. The van der Waals surface area contributed by atoms with Crippen molar-refractivity contribution in [3.63, 3.8) is 0 Å². The first-order valence-electron chi connectivity index (χ1n) is 9.53. The van der Waals surface area contributed by atoms with Gasteiger partial charge in [-0.05, 0) is 49.8 Å². The Bertz CT molecular complexity index is 1070. The van der Waals surface area contributed by atoms with Gasteiger partial charge in [0, 0.05) is 16.6 Å². The number of fused-ring (bicyclic) bond motifs is 3. The molecule has 2 heterocycles. The van der Waals surface area contributed by atoms with Crippen molar-refractivity contribution in [1.82, 2.24) is 9.97 Å². The van der Waals surface area contributed by atoms with Gasteiger partial charge < -0.3 is 19.8 Å². The molecule has 2 aromatic heterocycles. The van der Waals surface area contributed by atoms with Crippen LogP contribution in [0.2, 0.25) is 0 Å². The molecule has 0 spiro atoms. The SMILES string of the molecule is COc1ccc(N[C@@H](C)c2nc3sc4c(c3c(=O)[nH]2)CC[C@@H](C)C4)cc1OC. The van der Waals surface area contributed by atoms with Gasteiger partial charge in [-0.1, -0.05) is 6.92 Å². The predicted octanol–water partition coefficient (Wildman–Crippen LogP) is 4.30. The summed E-state index contributed by atoms with van der Waals surface area (Å²) in [5, 5.41) is 4.17.